The number of nitrogens with one attached hydrogen (secondary N) is 1. The maximum atomic E-state index is 12.0. The number of sulfonamides is 1. The molecule has 0 bridgehead atoms. The van der Waals surface area contributed by atoms with Crippen LogP contribution in [0.4, 0.5) is 0 Å². The molecule has 0 fully saturated rings. The maximum Gasteiger partial charge on any atom is 0.252 e. The van der Waals surface area contributed by atoms with Crippen molar-refractivity contribution in [1.82, 2.24) is 9.62 Å². The summed E-state index contributed by atoms with van der Waals surface area (Å²) in [7, 11) is -1.67. The van der Waals surface area contributed by atoms with E-state index in [0.29, 0.717) is 10.8 Å². The lowest BCUT2D eigenvalue weighted by Crippen LogP contribution is -2.25. The number of hydrogen-bond donors (Lipinski definition) is 1. The lowest BCUT2D eigenvalue weighted by molar-refractivity contribution is 0.488. The van der Waals surface area contributed by atoms with E-state index in [4.69, 9.17) is 0 Å². The third kappa shape index (κ3) is 3.04. The second kappa shape index (κ2) is 5.77. The lowest BCUT2D eigenvalue weighted by atomic mass is 10.3. The number of nitrogens with zero attached hydrogens (tertiary/aromatic N) is 1. The van der Waals surface area contributed by atoms with Crippen LogP contribution in [0.5, 0.6) is 0 Å². The van der Waals surface area contributed by atoms with E-state index < -0.39 is 10.0 Å². The Balaban J connectivity index is 2.85. The second-order valence-electron chi connectivity index (χ2n) is 3.47. The zero-order valence-electron chi connectivity index (χ0n) is 9.86. The van der Waals surface area contributed by atoms with Crippen LogP contribution in [0.1, 0.15) is 19.4 Å². The van der Waals surface area contributed by atoms with E-state index in [9.17, 15) is 8.42 Å². The van der Waals surface area contributed by atoms with Gasteiger partial charge in [-0.05, 0) is 23.6 Å². The molecule has 0 unspecified atom stereocenters. The molecule has 4 nitrogen and oxygen atoms in total. The molecule has 1 N–H and O–H groups in total. The van der Waals surface area contributed by atoms with Crippen LogP contribution in [-0.2, 0) is 16.6 Å². The Bertz CT molecular complexity index is 426. The Morgan fingerprint density at radius 3 is 2.69 bits per heavy atom. The molecule has 0 saturated heterocycles. The molecule has 16 heavy (non-hydrogen) atoms. The maximum absolute atomic E-state index is 12.0. The van der Waals surface area contributed by atoms with Crippen molar-refractivity contribution in [1.29, 1.82) is 0 Å². The van der Waals surface area contributed by atoms with Gasteiger partial charge in [-0.25, -0.2) is 12.7 Å². The summed E-state index contributed by atoms with van der Waals surface area (Å²) >= 11 is 1.28. The van der Waals surface area contributed by atoms with E-state index in [1.807, 2.05) is 19.2 Å². The quantitative estimate of drug-likeness (QED) is 0.845. The molecule has 0 aliphatic carbocycles. The van der Waals surface area contributed by atoms with Gasteiger partial charge in [0.15, 0.2) is 0 Å². The highest BCUT2D eigenvalue weighted by molar-refractivity contribution is 7.91. The molecule has 1 heterocycles. The van der Waals surface area contributed by atoms with Crippen LogP contribution in [0.3, 0.4) is 0 Å². The molecule has 0 amide bonds. The van der Waals surface area contributed by atoms with Crippen molar-refractivity contribution in [3.8, 4) is 0 Å². The molecule has 0 aromatic carbocycles. The van der Waals surface area contributed by atoms with E-state index in [1.165, 1.54) is 15.6 Å². The Kier molecular flexibility index (Phi) is 4.91. The van der Waals surface area contributed by atoms with Crippen LogP contribution in [0, 0.1) is 0 Å². The summed E-state index contributed by atoms with van der Waals surface area (Å²) in [5, 5.41) is 5.06. The van der Waals surface area contributed by atoms with Crippen molar-refractivity contribution in [2.75, 3.05) is 20.1 Å². The third-order valence-corrected chi connectivity index (χ3v) is 5.72. The summed E-state index contributed by atoms with van der Waals surface area (Å²) < 4.78 is 25.7. The van der Waals surface area contributed by atoms with Gasteiger partial charge < -0.3 is 5.32 Å². The highest BCUT2D eigenvalue weighted by atomic mass is 32.2. The van der Waals surface area contributed by atoms with Crippen LogP contribution in [-0.4, -0.2) is 32.9 Å². The van der Waals surface area contributed by atoms with E-state index in [0.717, 1.165) is 18.7 Å². The van der Waals surface area contributed by atoms with Crippen LogP contribution < -0.4 is 5.32 Å². The molecule has 1 aromatic rings. The molecule has 1 rings (SSSR count). The average Bonchev–Trinajstić information content (AvgIpc) is 2.74. The normalized spacial score (nSPS) is 12.2. The van der Waals surface area contributed by atoms with Crippen LogP contribution in [0.15, 0.2) is 15.7 Å². The highest BCUT2D eigenvalue weighted by Gasteiger charge is 2.21. The van der Waals surface area contributed by atoms with Crippen molar-refractivity contribution >= 4 is 21.4 Å². The Morgan fingerprint density at radius 2 is 2.12 bits per heavy atom. The third-order valence-electron chi connectivity index (χ3n) is 2.32. The number of rotatable bonds is 6. The number of hydrogen-bond acceptors (Lipinski definition) is 4. The van der Waals surface area contributed by atoms with Crippen molar-refractivity contribution < 1.29 is 8.42 Å². The molecule has 92 valence electrons. The molecule has 0 radical (unpaired) electrons. The van der Waals surface area contributed by atoms with Gasteiger partial charge in [0, 0.05) is 20.1 Å². The van der Waals surface area contributed by atoms with Crippen LogP contribution in [0.2, 0.25) is 0 Å². The topological polar surface area (TPSA) is 49.4 Å². The fourth-order valence-electron chi connectivity index (χ4n) is 1.17. The largest absolute Gasteiger partial charge is 0.313 e. The van der Waals surface area contributed by atoms with E-state index >= 15 is 0 Å². The minimum absolute atomic E-state index is 0.421. The minimum atomic E-state index is -3.27. The SMILES string of the molecule is CCNCc1csc(S(=O)(=O)N(C)CC)c1. The molecule has 0 spiro atoms. The summed E-state index contributed by atoms with van der Waals surface area (Å²) in [6.45, 7) is 5.94. The van der Waals surface area contributed by atoms with E-state index in [2.05, 4.69) is 5.32 Å². The van der Waals surface area contributed by atoms with Gasteiger partial charge in [0.1, 0.15) is 4.21 Å². The first-order chi connectivity index (χ1) is 7.52. The van der Waals surface area contributed by atoms with Gasteiger partial charge in [-0.3, -0.25) is 0 Å². The van der Waals surface area contributed by atoms with Crippen LogP contribution >= 0.6 is 11.3 Å². The Morgan fingerprint density at radius 1 is 1.44 bits per heavy atom. The smallest absolute Gasteiger partial charge is 0.252 e. The second-order valence-corrected chi connectivity index (χ2v) is 6.66. The lowest BCUT2D eigenvalue weighted by Gasteiger charge is -2.12. The van der Waals surface area contributed by atoms with Crippen LogP contribution in [0.25, 0.3) is 0 Å². The molecule has 0 saturated carbocycles. The van der Waals surface area contributed by atoms with Crippen molar-refractivity contribution in [2.45, 2.75) is 24.6 Å². The van der Waals surface area contributed by atoms with Gasteiger partial charge in [0.05, 0.1) is 0 Å². The summed E-state index contributed by atoms with van der Waals surface area (Å²) in [5.74, 6) is 0. The molecule has 0 atom stereocenters. The number of thiophene rings is 1. The Hall–Kier alpha value is -0.430. The van der Waals surface area contributed by atoms with Gasteiger partial charge in [-0.15, -0.1) is 11.3 Å². The summed E-state index contributed by atoms with van der Waals surface area (Å²) in [6, 6.07) is 1.74. The van der Waals surface area contributed by atoms with E-state index in [-0.39, 0.29) is 0 Å². The molecule has 6 heteroatoms. The van der Waals surface area contributed by atoms with Gasteiger partial charge in [0.2, 0.25) is 0 Å². The predicted molar refractivity (Wildman–Crippen MR) is 67.2 cm³/mol. The van der Waals surface area contributed by atoms with Gasteiger partial charge >= 0.3 is 0 Å². The Labute approximate surface area is 101 Å². The highest BCUT2D eigenvalue weighted by Crippen LogP contribution is 2.22. The zero-order chi connectivity index (χ0) is 12.2. The zero-order valence-corrected chi connectivity index (χ0v) is 11.5. The molecular weight excluding hydrogens is 244 g/mol. The van der Waals surface area contributed by atoms with Crippen molar-refractivity contribution in [3.63, 3.8) is 0 Å². The first-order valence-corrected chi connectivity index (χ1v) is 7.58. The monoisotopic (exact) mass is 262 g/mol. The van der Waals surface area contributed by atoms with Gasteiger partial charge in [-0.2, -0.15) is 0 Å². The van der Waals surface area contributed by atoms with Crippen molar-refractivity contribution in [3.05, 3.63) is 17.0 Å². The van der Waals surface area contributed by atoms with Gasteiger partial charge in [0.25, 0.3) is 10.0 Å². The minimum Gasteiger partial charge on any atom is -0.313 e. The first kappa shape index (κ1) is 13.6. The molecular formula is C10H18N2O2S2. The standard InChI is InChI=1S/C10H18N2O2S2/c1-4-11-7-9-6-10(15-8-9)16(13,14)12(3)5-2/h6,8,11H,4-5,7H2,1-3H3. The molecule has 0 aliphatic heterocycles. The fourth-order valence-corrected chi connectivity index (χ4v) is 3.77. The summed E-state index contributed by atoms with van der Waals surface area (Å²) in [4.78, 5) is 0. The summed E-state index contributed by atoms with van der Waals surface area (Å²) in [6.07, 6.45) is 0. The fraction of sp³-hybridized carbons (Fsp3) is 0.600. The molecule has 0 aliphatic rings. The summed E-state index contributed by atoms with van der Waals surface area (Å²) in [5.41, 5.74) is 1.02. The van der Waals surface area contributed by atoms with Gasteiger partial charge in [-0.1, -0.05) is 13.8 Å². The average molecular weight is 262 g/mol. The predicted octanol–water partition coefficient (Wildman–Crippen LogP) is 1.50. The molecule has 1 aromatic heterocycles. The van der Waals surface area contributed by atoms with Crippen molar-refractivity contribution in [2.24, 2.45) is 0 Å². The van der Waals surface area contributed by atoms with E-state index in [1.54, 1.807) is 13.1 Å². The first-order valence-electron chi connectivity index (χ1n) is 5.26.